The third-order valence-corrected chi connectivity index (χ3v) is 2.08. The summed E-state index contributed by atoms with van der Waals surface area (Å²) < 4.78 is 0. The molecule has 0 bridgehead atoms. The second kappa shape index (κ2) is 6.21. The molecule has 0 radical (unpaired) electrons. The predicted molar refractivity (Wildman–Crippen MR) is 56.4 cm³/mol. The maximum atomic E-state index is 11.0. The van der Waals surface area contributed by atoms with Crippen LogP contribution < -0.4 is 5.73 Å². The zero-order chi connectivity index (χ0) is 11.1. The van der Waals surface area contributed by atoms with Crippen molar-refractivity contribution in [1.29, 1.82) is 0 Å². The second-order valence-corrected chi connectivity index (χ2v) is 3.07. The minimum absolute atomic E-state index is 0.137. The van der Waals surface area contributed by atoms with Crippen molar-refractivity contribution in [3.05, 3.63) is 23.9 Å². The normalized spacial score (nSPS) is 11.9. The predicted octanol–water partition coefficient (Wildman–Crippen LogP) is 0.246. The van der Waals surface area contributed by atoms with Crippen molar-refractivity contribution in [3.8, 4) is 0 Å². The van der Waals surface area contributed by atoms with Gasteiger partial charge in [0.25, 0.3) is 0 Å². The molecule has 0 aliphatic carbocycles. The molecule has 0 rings (SSSR count). The summed E-state index contributed by atoms with van der Waals surface area (Å²) in [5.41, 5.74) is 6.37. The molecule has 3 N–H and O–H groups in total. The summed E-state index contributed by atoms with van der Waals surface area (Å²) in [5.74, 6) is -0.478. The maximum absolute atomic E-state index is 11.0. The number of rotatable bonds is 6. The van der Waals surface area contributed by atoms with E-state index in [-0.39, 0.29) is 6.61 Å². The van der Waals surface area contributed by atoms with Crippen LogP contribution in [0, 0.1) is 0 Å². The molecule has 0 fully saturated rings. The summed E-state index contributed by atoms with van der Waals surface area (Å²) in [5, 5.41) is 8.65. The number of hydrogen-bond donors (Lipinski definition) is 2. The van der Waals surface area contributed by atoms with E-state index >= 15 is 0 Å². The van der Waals surface area contributed by atoms with Gasteiger partial charge in [0.15, 0.2) is 0 Å². The van der Waals surface area contributed by atoms with E-state index in [1.165, 1.54) is 6.08 Å². The minimum atomic E-state index is -0.478. The lowest BCUT2D eigenvalue weighted by molar-refractivity contribution is -0.114. The third-order valence-electron chi connectivity index (χ3n) is 2.08. The van der Waals surface area contributed by atoms with E-state index in [0.717, 1.165) is 5.70 Å². The topological polar surface area (TPSA) is 66.6 Å². The number of amides is 1. The highest BCUT2D eigenvalue weighted by molar-refractivity contribution is 5.95. The molecule has 4 heteroatoms. The maximum Gasteiger partial charge on any atom is 0.250 e. The Bertz CT molecular complexity index is 247. The Morgan fingerprint density at radius 3 is 2.57 bits per heavy atom. The van der Waals surface area contributed by atoms with Crippen molar-refractivity contribution >= 4 is 5.91 Å². The Morgan fingerprint density at radius 2 is 2.21 bits per heavy atom. The molecule has 0 heterocycles. The van der Waals surface area contributed by atoms with Crippen LogP contribution in [0.5, 0.6) is 0 Å². The number of carbonyl (C=O) groups excluding carboxylic acids is 1. The fourth-order valence-corrected chi connectivity index (χ4v) is 1.11. The van der Waals surface area contributed by atoms with Gasteiger partial charge >= 0.3 is 0 Å². The van der Waals surface area contributed by atoms with Gasteiger partial charge in [-0.25, -0.2) is 0 Å². The highest BCUT2D eigenvalue weighted by Crippen LogP contribution is 2.09. The Kier molecular flexibility index (Phi) is 5.64. The van der Waals surface area contributed by atoms with Crippen LogP contribution in [0.15, 0.2) is 23.9 Å². The van der Waals surface area contributed by atoms with Gasteiger partial charge in [0.2, 0.25) is 5.91 Å². The molecule has 0 aliphatic rings. The Balaban J connectivity index is 4.59. The average molecular weight is 198 g/mol. The SMILES string of the molecule is C=CC(C(N)=O)=C(C)N(C)CCCO. The molecule has 0 aromatic heterocycles. The summed E-state index contributed by atoms with van der Waals surface area (Å²) in [6.45, 7) is 6.16. The highest BCUT2D eigenvalue weighted by Gasteiger charge is 2.08. The number of carbonyl (C=O) groups is 1. The van der Waals surface area contributed by atoms with E-state index in [0.29, 0.717) is 18.5 Å². The average Bonchev–Trinajstić information content (AvgIpc) is 2.14. The molecular formula is C10H18N2O2. The van der Waals surface area contributed by atoms with Gasteiger partial charge in [-0.1, -0.05) is 12.7 Å². The number of hydrogen-bond acceptors (Lipinski definition) is 3. The molecule has 0 spiro atoms. The largest absolute Gasteiger partial charge is 0.396 e. The summed E-state index contributed by atoms with van der Waals surface area (Å²) in [7, 11) is 1.84. The lowest BCUT2D eigenvalue weighted by Gasteiger charge is -2.20. The summed E-state index contributed by atoms with van der Waals surface area (Å²) in [4.78, 5) is 12.8. The molecule has 80 valence electrons. The molecule has 1 amide bonds. The van der Waals surface area contributed by atoms with Gasteiger partial charge in [-0.05, 0) is 13.3 Å². The lowest BCUT2D eigenvalue weighted by atomic mass is 10.2. The van der Waals surface area contributed by atoms with E-state index in [1.54, 1.807) is 6.92 Å². The van der Waals surface area contributed by atoms with Gasteiger partial charge in [-0.3, -0.25) is 4.79 Å². The van der Waals surface area contributed by atoms with Gasteiger partial charge in [0.05, 0.1) is 5.57 Å². The van der Waals surface area contributed by atoms with Gasteiger partial charge in [-0.15, -0.1) is 0 Å². The molecular weight excluding hydrogens is 180 g/mol. The Hall–Kier alpha value is -1.29. The molecule has 4 nitrogen and oxygen atoms in total. The summed E-state index contributed by atoms with van der Waals surface area (Å²) in [6, 6.07) is 0. The van der Waals surface area contributed by atoms with Crippen molar-refractivity contribution < 1.29 is 9.90 Å². The molecule has 0 saturated carbocycles. The van der Waals surface area contributed by atoms with Gasteiger partial charge in [0.1, 0.15) is 0 Å². The van der Waals surface area contributed by atoms with E-state index in [1.807, 2.05) is 11.9 Å². The van der Waals surface area contributed by atoms with Gasteiger partial charge in [0, 0.05) is 25.9 Å². The first-order valence-corrected chi connectivity index (χ1v) is 4.49. The zero-order valence-electron chi connectivity index (χ0n) is 8.79. The summed E-state index contributed by atoms with van der Waals surface area (Å²) in [6.07, 6.45) is 2.12. The van der Waals surface area contributed by atoms with Gasteiger partial charge in [-0.2, -0.15) is 0 Å². The highest BCUT2D eigenvalue weighted by atomic mass is 16.3. The first kappa shape index (κ1) is 12.7. The van der Waals surface area contributed by atoms with E-state index in [2.05, 4.69) is 6.58 Å². The molecule has 0 aromatic rings. The van der Waals surface area contributed by atoms with E-state index in [4.69, 9.17) is 10.8 Å². The number of aliphatic hydroxyl groups is 1. The molecule has 0 unspecified atom stereocenters. The van der Waals surface area contributed by atoms with Crippen LogP contribution in [0.2, 0.25) is 0 Å². The Morgan fingerprint density at radius 1 is 1.64 bits per heavy atom. The molecule has 0 aliphatic heterocycles. The van der Waals surface area contributed by atoms with Crippen LogP contribution in [-0.4, -0.2) is 36.1 Å². The van der Waals surface area contributed by atoms with Crippen molar-refractivity contribution in [3.63, 3.8) is 0 Å². The van der Waals surface area contributed by atoms with Crippen LogP contribution >= 0.6 is 0 Å². The van der Waals surface area contributed by atoms with Gasteiger partial charge < -0.3 is 15.7 Å². The molecule has 0 saturated heterocycles. The zero-order valence-corrected chi connectivity index (χ0v) is 8.79. The van der Waals surface area contributed by atoms with Crippen LogP contribution in [0.25, 0.3) is 0 Å². The molecule has 0 aromatic carbocycles. The third kappa shape index (κ3) is 3.62. The van der Waals surface area contributed by atoms with Crippen molar-refractivity contribution in [2.45, 2.75) is 13.3 Å². The number of aliphatic hydroxyl groups excluding tert-OH is 1. The van der Waals surface area contributed by atoms with E-state index < -0.39 is 5.91 Å². The fourth-order valence-electron chi connectivity index (χ4n) is 1.11. The van der Waals surface area contributed by atoms with Crippen LogP contribution in [-0.2, 0) is 4.79 Å². The number of primary amides is 1. The van der Waals surface area contributed by atoms with Crippen LogP contribution in [0.3, 0.4) is 0 Å². The van der Waals surface area contributed by atoms with Crippen LogP contribution in [0.4, 0.5) is 0 Å². The number of nitrogens with zero attached hydrogens (tertiary/aromatic N) is 1. The summed E-state index contributed by atoms with van der Waals surface area (Å²) >= 11 is 0. The smallest absolute Gasteiger partial charge is 0.250 e. The first-order valence-electron chi connectivity index (χ1n) is 4.49. The minimum Gasteiger partial charge on any atom is -0.396 e. The van der Waals surface area contributed by atoms with Crippen molar-refractivity contribution in [2.75, 3.05) is 20.2 Å². The molecule has 0 atom stereocenters. The quantitative estimate of drug-likeness (QED) is 0.475. The second-order valence-electron chi connectivity index (χ2n) is 3.07. The van der Waals surface area contributed by atoms with Crippen molar-refractivity contribution in [2.24, 2.45) is 5.73 Å². The first-order chi connectivity index (χ1) is 6.54. The lowest BCUT2D eigenvalue weighted by Crippen LogP contribution is -2.23. The monoisotopic (exact) mass is 198 g/mol. The number of nitrogens with two attached hydrogens (primary N) is 1. The van der Waals surface area contributed by atoms with Crippen LogP contribution in [0.1, 0.15) is 13.3 Å². The fraction of sp³-hybridized carbons (Fsp3) is 0.500. The standard InChI is InChI=1S/C10H18N2O2/c1-4-9(10(11)14)8(2)12(3)6-5-7-13/h4,13H,1,5-7H2,2-3H3,(H2,11,14). The van der Waals surface area contributed by atoms with Crippen molar-refractivity contribution in [1.82, 2.24) is 4.90 Å². The Labute approximate surface area is 84.7 Å². The van der Waals surface area contributed by atoms with E-state index in [9.17, 15) is 4.79 Å². The molecule has 14 heavy (non-hydrogen) atoms. The number of allylic oxidation sites excluding steroid dienone is 1.